The van der Waals surface area contributed by atoms with Gasteiger partial charge < -0.3 is 19.5 Å². The summed E-state index contributed by atoms with van der Waals surface area (Å²) in [7, 11) is 0. The Kier molecular flexibility index (Phi) is 6.07. The van der Waals surface area contributed by atoms with Gasteiger partial charge in [0.15, 0.2) is 0 Å². The summed E-state index contributed by atoms with van der Waals surface area (Å²) in [4.78, 5) is 26.0. The van der Waals surface area contributed by atoms with Gasteiger partial charge in [-0.2, -0.15) is 0 Å². The van der Waals surface area contributed by atoms with Crippen LogP contribution in [0.5, 0.6) is 0 Å². The van der Waals surface area contributed by atoms with Crippen molar-refractivity contribution in [3.63, 3.8) is 0 Å². The maximum absolute atomic E-state index is 12.4. The second kappa shape index (κ2) is 8.67. The van der Waals surface area contributed by atoms with Crippen molar-refractivity contribution >= 4 is 6.03 Å². The third-order valence-corrected chi connectivity index (χ3v) is 4.63. The molecule has 2 amide bonds. The lowest BCUT2D eigenvalue weighted by molar-refractivity contribution is -0.0154. The summed E-state index contributed by atoms with van der Waals surface area (Å²) in [5, 5.41) is 2.95. The van der Waals surface area contributed by atoms with Crippen LogP contribution in [0.25, 0.3) is 0 Å². The molecule has 0 radical (unpaired) electrons. The average molecular weight is 355 g/mol. The minimum Gasteiger partial charge on any atom is -0.370 e. The highest BCUT2D eigenvalue weighted by Gasteiger charge is 2.24. The number of ether oxygens (including phenoxy) is 1. The quantitative estimate of drug-likeness (QED) is 0.838. The first-order chi connectivity index (χ1) is 12.6. The summed E-state index contributed by atoms with van der Waals surface area (Å²) in [6.07, 6.45) is 0.629. The van der Waals surface area contributed by atoms with Gasteiger partial charge in [0.1, 0.15) is 6.10 Å². The number of hydrogen-bond donors (Lipinski definition) is 1. The van der Waals surface area contributed by atoms with Crippen LogP contribution >= 0.6 is 0 Å². The minimum atomic E-state index is -0.0822. The van der Waals surface area contributed by atoms with E-state index in [1.807, 2.05) is 43.3 Å². The lowest BCUT2D eigenvalue weighted by atomic mass is 10.1. The zero-order valence-corrected chi connectivity index (χ0v) is 15.1. The van der Waals surface area contributed by atoms with Crippen LogP contribution in [0.4, 0.5) is 4.79 Å². The zero-order valence-electron chi connectivity index (χ0n) is 15.1. The van der Waals surface area contributed by atoms with E-state index in [4.69, 9.17) is 4.74 Å². The van der Waals surface area contributed by atoms with E-state index in [-0.39, 0.29) is 17.7 Å². The molecule has 2 heterocycles. The normalized spacial score (nSPS) is 17.1. The third kappa shape index (κ3) is 4.52. The summed E-state index contributed by atoms with van der Waals surface area (Å²) in [5.74, 6) is 0. The number of morpholine rings is 1. The summed E-state index contributed by atoms with van der Waals surface area (Å²) >= 11 is 0. The van der Waals surface area contributed by atoms with Crippen molar-refractivity contribution in [3.8, 4) is 0 Å². The van der Waals surface area contributed by atoms with Gasteiger partial charge in [-0.15, -0.1) is 0 Å². The molecule has 1 atom stereocenters. The van der Waals surface area contributed by atoms with Gasteiger partial charge in [0, 0.05) is 31.4 Å². The van der Waals surface area contributed by atoms with Crippen molar-refractivity contribution in [2.24, 2.45) is 0 Å². The highest BCUT2D eigenvalue weighted by atomic mass is 16.5. The molecule has 3 rings (SSSR count). The number of carbonyl (C=O) groups excluding carboxylic acids is 1. The Morgan fingerprint density at radius 1 is 1.19 bits per heavy atom. The molecule has 1 aromatic carbocycles. The fraction of sp³-hybridized carbons (Fsp3) is 0.400. The number of urea groups is 1. The van der Waals surface area contributed by atoms with E-state index in [2.05, 4.69) is 5.32 Å². The summed E-state index contributed by atoms with van der Waals surface area (Å²) in [6.45, 7) is 4.72. The van der Waals surface area contributed by atoms with Gasteiger partial charge in [0.25, 0.3) is 5.56 Å². The number of carbonyl (C=O) groups is 1. The number of hydrogen-bond acceptors (Lipinski definition) is 3. The number of amides is 2. The Morgan fingerprint density at radius 3 is 2.77 bits per heavy atom. The first-order valence-corrected chi connectivity index (χ1v) is 9.01. The zero-order chi connectivity index (χ0) is 18.4. The van der Waals surface area contributed by atoms with E-state index in [1.54, 1.807) is 21.6 Å². The molecule has 0 aliphatic carbocycles. The van der Waals surface area contributed by atoms with Gasteiger partial charge in [-0.3, -0.25) is 4.79 Å². The summed E-state index contributed by atoms with van der Waals surface area (Å²) < 4.78 is 7.52. The highest BCUT2D eigenvalue weighted by molar-refractivity contribution is 5.74. The molecule has 6 nitrogen and oxygen atoms in total. The SMILES string of the molecule is Cc1cccc(=O)n1CCCNC(=O)N1CCOC(c2ccccc2)C1. The van der Waals surface area contributed by atoms with Crippen LogP contribution in [-0.2, 0) is 11.3 Å². The Labute approximate surface area is 153 Å². The lowest BCUT2D eigenvalue weighted by Crippen LogP contribution is -2.47. The molecule has 138 valence electrons. The molecule has 1 unspecified atom stereocenters. The molecule has 1 saturated heterocycles. The van der Waals surface area contributed by atoms with Crippen molar-refractivity contribution < 1.29 is 9.53 Å². The van der Waals surface area contributed by atoms with Crippen molar-refractivity contribution in [1.82, 2.24) is 14.8 Å². The van der Waals surface area contributed by atoms with Crippen molar-refractivity contribution in [2.45, 2.75) is 26.0 Å². The first-order valence-electron chi connectivity index (χ1n) is 9.01. The van der Waals surface area contributed by atoms with Gasteiger partial charge in [-0.05, 0) is 25.0 Å². The maximum atomic E-state index is 12.4. The molecule has 1 aliphatic rings. The van der Waals surface area contributed by atoms with Crippen LogP contribution in [0.3, 0.4) is 0 Å². The van der Waals surface area contributed by atoms with Crippen LogP contribution < -0.4 is 10.9 Å². The molecule has 1 N–H and O–H groups in total. The monoisotopic (exact) mass is 355 g/mol. The largest absolute Gasteiger partial charge is 0.370 e. The van der Waals surface area contributed by atoms with Crippen molar-refractivity contribution in [1.29, 1.82) is 0 Å². The topological polar surface area (TPSA) is 63.6 Å². The van der Waals surface area contributed by atoms with Crippen LogP contribution in [0.1, 0.15) is 23.8 Å². The summed E-state index contributed by atoms with van der Waals surface area (Å²) in [6, 6.07) is 15.1. The number of rotatable bonds is 5. The van der Waals surface area contributed by atoms with E-state index in [1.165, 1.54) is 0 Å². The third-order valence-electron chi connectivity index (χ3n) is 4.63. The maximum Gasteiger partial charge on any atom is 0.317 e. The van der Waals surface area contributed by atoms with Gasteiger partial charge in [0.2, 0.25) is 0 Å². The van der Waals surface area contributed by atoms with Crippen LogP contribution in [0, 0.1) is 6.92 Å². The van der Waals surface area contributed by atoms with E-state index < -0.39 is 0 Å². The van der Waals surface area contributed by atoms with Crippen LogP contribution in [0.2, 0.25) is 0 Å². The van der Waals surface area contributed by atoms with Gasteiger partial charge in [0.05, 0.1) is 13.2 Å². The molecule has 0 bridgehead atoms. The van der Waals surface area contributed by atoms with Crippen LogP contribution in [0.15, 0.2) is 53.3 Å². The highest BCUT2D eigenvalue weighted by Crippen LogP contribution is 2.21. The van der Waals surface area contributed by atoms with Gasteiger partial charge >= 0.3 is 6.03 Å². The Morgan fingerprint density at radius 2 is 2.00 bits per heavy atom. The molecule has 2 aromatic rings. The molecule has 1 fully saturated rings. The molecule has 1 aromatic heterocycles. The van der Waals surface area contributed by atoms with E-state index in [0.29, 0.717) is 39.2 Å². The molecule has 6 heteroatoms. The van der Waals surface area contributed by atoms with Crippen molar-refractivity contribution in [2.75, 3.05) is 26.2 Å². The van der Waals surface area contributed by atoms with Crippen LogP contribution in [-0.4, -0.2) is 41.7 Å². The van der Waals surface area contributed by atoms with E-state index in [0.717, 1.165) is 11.3 Å². The number of nitrogens with zero attached hydrogens (tertiary/aromatic N) is 2. The number of aromatic nitrogens is 1. The lowest BCUT2D eigenvalue weighted by Gasteiger charge is -2.33. The summed E-state index contributed by atoms with van der Waals surface area (Å²) in [5.41, 5.74) is 2.02. The molecular formula is C20H25N3O3. The number of nitrogens with one attached hydrogen (secondary N) is 1. The molecular weight excluding hydrogens is 330 g/mol. The molecule has 26 heavy (non-hydrogen) atoms. The number of benzene rings is 1. The van der Waals surface area contributed by atoms with Crippen molar-refractivity contribution in [3.05, 3.63) is 70.1 Å². The Hall–Kier alpha value is -2.60. The minimum absolute atomic E-state index is 0.00444. The predicted octanol–water partition coefficient (Wildman–Crippen LogP) is 2.33. The fourth-order valence-corrected chi connectivity index (χ4v) is 3.16. The van der Waals surface area contributed by atoms with Gasteiger partial charge in [-0.25, -0.2) is 4.79 Å². The molecule has 0 spiro atoms. The smallest absolute Gasteiger partial charge is 0.317 e. The fourth-order valence-electron chi connectivity index (χ4n) is 3.16. The average Bonchev–Trinajstić information content (AvgIpc) is 2.67. The van der Waals surface area contributed by atoms with Gasteiger partial charge in [-0.1, -0.05) is 36.4 Å². The van der Waals surface area contributed by atoms with E-state index >= 15 is 0 Å². The number of pyridine rings is 1. The second-order valence-corrected chi connectivity index (χ2v) is 6.46. The predicted molar refractivity (Wildman–Crippen MR) is 100 cm³/mol. The van der Waals surface area contributed by atoms with E-state index in [9.17, 15) is 9.59 Å². The molecule has 1 aliphatic heterocycles. The first kappa shape index (κ1) is 18.2. The number of aryl methyl sites for hydroxylation is 1. The standard InChI is InChI=1S/C20H25N3O3/c1-16-7-5-10-19(24)23(16)12-6-11-21-20(25)22-13-14-26-18(15-22)17-8-3-2-4-9-17/h2-5,7-10,18H,6,11-15H2,1H3,(H,21,25). The Bertz CT molecular complexity index is 788. The molecule has 0 saturated carbocycles. The Balaban J connectivity index is 1.47. The second-order valence-electron chi connectivity index (χ2n) is 6.46.